The lowest BCUT2D eigenvalue weighted by Crippen LogP contribution is -2.31. The van der Waals surface area contributed by atoms with Crippen molar-refractivity contribution in [2.45, 2.75) is 0 Å². The zero-order valence-corrected chi connectivity index (χ0v) is 12.0. The summed E-state index contributed by atoms with van der Waals surface area (Å²) >= 11 is 0. The highest BCUT2D eigenvalue weighted by molar-refractivity contribution is 5.03. The lowest BCUT2D eigenvalue weighted by molar-refractivity contribution is -0.160. The molecule has 1 aliphatic rings. The molecule has 0 saturated carbocycles. The van der Waals surface area contributed by atoms with E-state index >= 15 is 0 Å². The van der Waals surface area contributed by atoms with E-state index in [1.165, 1.54) is 5.17 Å². The number of hydrogen-bond acceptors (Lipinski definition) is 7. The summed E-state index contributed by atoms with van der Waals surface area (Å²) in [6, 6.07) is 0. The first-order chi connectivity index (χ1) is 9.93. The number of hydrazine groups is 1. The molecule has 0 bridgehead atoms. The summed E-state index contributed by atoms with van der Waals surface area (Å²) < 4.78 is 20.8. The summed E-state index contributed by atoms with van der Waals surface area (Å²) in [4.78, 5) is 5.35. The molecule has 0 saturated heterocycles. The van der Waals surface area contributed by atoms with E-state index < -0.39 is 0 Å². The van der Waals surface area contributed by atoms with E-state index in [0.29, 0.717) is 52.9 Å². The van der Waals surface area contributed by atoms with Gasteiger partial charge in [-0.05, 0) is 12.2 Å². The van der Waals surface area contributed by atoms with Gasteiger partial charge in [0.25, 0.3) is 0 Å². The normalized spacial score (nSPS) is 13.8. The summed E-state index contributed by atoms with van der Waals surface area (Å²) in [6.45, 7) is 4.45. The van der Waals surface area contributed by atoms with Crippen molar-refractivity contribution in [2.75, 3.05) is 60.0 Å². The first-order valence-corrected chi connectivity index (χ1v) is 6.67. The zero-order valence-electron chi connectivity index (χ0n) is 12.0. The van der Waals surface area contributed by atoms with Gasteiger partial charge in [0.15, 0.2) is 0 Å². The standard InChI is InChI=1S/C13H24N2O5/c1-16-6-7-17-8-9-18-10-11-19-12-13-20-15-5-3-2-4-14-15/h2-5,14H,6-13H2,1H3. The quantitative estimate of drug-likeness (QED) is 0.494. The fourth-order valence-corrected chi connectivity index (χ4v) is 1.30. The molecule has 0 fully saturated rings. The van der Waals surface area contributed by atoms with Gasteiger partial charge in [0.2, 0.25) is 0 Å². The van der Waals surface area contributed by atoms with Crippen molar-refractivity contribution in [1.82, 2.24) is 10.6 Å². The van der Waals surface area contributed by atoms with Gasteiger partial charge >= 0.3 is 0 Å². The predicted molar refractivity (Wildman–Crippen MR) is 73.5 cm³/mol. The topological polar surface area (TPSA) is 61.4 Å². The maximum Gasteiger partial charge on any atom is 0.100 e. The average molecular weight is 288 g/mol. The Morgan fingerprint density at radius 1 is 0.800 bits per heavy atom. The van der Waals surface area contributed by atoms with Crippen molar-refractivity contribution in [2.24, 2.45) is 0 Å². The van der Waals surface area contributed by atoms with Gasteiger partial charge in [-0.1, -0.05) is 0 Å². The molecule has 0 spiro atoms. The minimum absolute atomic E-state index is 0.477. The van der Waals surface area contributed by atoms with Crippen molar-refractivity contribution in [1.29, 1.82) is 0 Å². The number of methoxy groups -OCH3 is 1. The highest BCUT2D eigenvalue weighted by atomic mass is 16.7. The molecule has 0 aromatic carbocycles. The van der Waals surface area contributed by atoms with Crippen LogP contribution in [-0.4, -0.2) is 65.1 Å². The van der Waals surface area contributed by atoms with Crippen LogP contribution in [0.2, 0.25) is 0 Å². The van der Waals surface area contributed by atoms with Crippen LogP contribution in [0.1, 0.15) is 0 Å². The first-order valence-electron chi connectivity index (χ1n) is 6.67. The van der Waals surface area contributed by atoms with Crippen LogP contribution in [0.3, 0.4) is 0 Å². The monoisotopic (exact) mass is 288 g/mol. The van der Waals surface area contributed by atoms with Crippen molar-refractivity contribution in [3.8, 4) is 0 Å². The maximum absolute atomic E-state index is 5.36. The molecule has 0 aromatic heterocycles. The second-order valence-corrected chi connectivity index (χ2v) is 3.82. The molecule has 7 heteroatoms. The van der Waals surface area contributed by atoms with Crippen LogP contribution in [0.25, 0.3) is 0 Å². The predicted octanol–water partition coefficient (Wildman–Crippen LogP) is 0.462. The van der Waals surface area contributed by atoms with E-state index in [-0.39, 0.29) is 0 Å². The number of hydrogen-bond donors (Lipinski definition) is 1. The summed E-state index contributed by atoms with van der Waals surface area (Å²) in [5.41, 5.74) is 2.90. The van der Waals surface area contributed by atoms with Gasteiger partial charge in [-0.25, -0.2) is 0 Å². The maximum atomic E-state index is 5.36. The van der Waals surface area contributed by atoms with Crippen LogP contribution >= 0.6 is 0 Å². The summed E-state index contributed by atoms with van der Waals surface area (Å²) in [5, 5.41) is 1.53. The van der Waals surface area contributed by atoms with Crippen molar-refractivity contribution in [3.63, 3.8) is 0 Å². The number of hydroxylamine groups is 1. The third-order valence-electron chi connectivity index (χ3n) is 2.26. The average Bonchev–Trinajstić information content (AvgIpc) is 2.49. The Kier molecular flexibility index (Phi) is 10.9. The number of nitrogens with zero attached hydrogens (tertiary/aromatic N) is 1. The Hall–Kier alpha value is -1.12. The van der Waals surface area contributed by atoms with Crippen LogP contribution in [0.4, 0.5) is 0 Å². The molecule has 1 rings (SSSR count). The summed E-state index contributed by atoms with van der Waals surface area (Å²) in [5.74, 6) is 0. The van der Waals surface area contributed by atoms with Crippen molar-refractivity contribution >= 4 is 0 Å². The van der Waals surface area contributed by atoms with Crippen molar-refractivity contribution in [3.05, 3.63) is 24.6 Å². The SMILES string of the molecule is COCCOCCOCCOCCON1C=CC=CN1. The molecule has 7 nitrogen and oxygen atoms in total. The molecule has 1 heterocycles. The molecule has 1 aliphatic heterocycles. The fourth-order valence-electron chi connectivity index (χ4n) is 1.30. The van der Waals surface area contributed by atoms with E-state index in [9.17, 15) is 0 Å². The highest BCUT2D eigenvalue weighted by Gasteiger charge is 1.98. The number of allylic oxidation sites excluding steroid dienone is 2. The van der Waals surface area contributed by atoms with Gasteiger partial charge in [0.1, 0.15) is 6.61 Å². The Balaban J connectivity index is 1.72. The van der Waals surface area contributed by atoms with E-state index in [0.717, 1.165) is 0 Å². The van der Waals surface area contributed by atoms with Gasteiger partial charge in [-0.2, -0.15) is 5.17 Å². The molecule has 0 aromatic rings. The molecule has 0 radical (unpaired) electrons. The molecule has 116 valence electrons. The van der Waals surface area contributed by atoms with Gasteiger partial charge < -0.3 is 18.9 Å². The van der Waals surface area contributed by atoms with Crippen LogP contribution in [0.5, 0.6) is 0 Å². The van der Waals surface area contributed by atoms with Gasteiger partial charge in [0.05, 0.1) is 52.4 Å². The molecular weight excluding hydrogens is 264 g/mol. The molecular formula is C13H24N2O5. The lowest BCUT2D eigenvalue weighted by atomic mass is 10.5. The molecule has 0 amide bonds. The number of ether oxygens (including phenoxy) is 4. The lowest BCUT2D eigenvalue weighted by Gasteiger charge is -2.20. The first kappa shape index (κ1) is 16.9. The van der Waals surface area contributed by atoms with Crippen LogP contribution in [-0.2, 0) is 23.8 Å². The second kappa shape index (κ2) is 12.9. The molecule has 0 unspecified atom stereocenters. The molecule has 20 heavy (non-hydrogen) atoms. The second-order valence-electron chi connectivity index (χ2n) is 3.82. The minimum atomic E-state index is 0.477. The van der Waals surface area contributed by atoms with E-state index in [1.807, 2.05) is 12.2 Å². The highest BCUT2D eigenvalue weighted by Crippen LogP contribution is 1.93. The van der Waals surface area contributed by atoms with Gasteiger partial charge in [-0.15, -0.1) is 0 Å². The number of nitrogens with one attached hydrogen (secondary N) is 1. The van der Waals surface area contributed by atoms with E-state index in [2.05, 4.69) is 5.43 Å². The Labute approximate surface area is 120 Å². The van der Waals surface area contributed by atoms with Gasteiger partial charge in [0, 0.05) is 13.3 Å². The Morgan fingerprint density at radius 2 is 1.40 bits per heavy atom. The van der Waals surface area contributed by atoms with E-state index in [4.69, 9.17) is 23.8 Å². The largest absolute Gasteiger partial charge is 0.382 e. The minimum Gasteiger partial charge on any atom is -0.382 e. The third kappa shape index (κ3) is 9.76. The number of rotatable bonds is 13. The smallest absolute Gasteiger partial charge is 0.100 e. The Morgan fingerprint density at radius 3 is 1.95 bits per heavy atom. The van der Waals surface area contributed by atoms with Gasteiger partial charge in [-0.3, -0.25) is 10.3 Å². The molecule has 0 atom stereocenters. The van der Waals surface area contributed by atoms with Crippen molar-refractivity contribution < 1.29 is 23.8 Å². The molecule has 1 N–H and O–H groups in total. The van der Waals surface area contributed by atoms with Crippen LogP contribution in [0, 0.1) is 0 Å². The van der Waals surface area contributed by atoms with Crippen LogP contribution < -0.4 is 5.43 Å². The van der Waals surface area contributed by atoms with E-state index in [1.54, 1.807) is 19.5 Å². The zero-order chi connectivity index (χ0) is 14.3. The van der Waals surface area contributed by atoms with Crippen LogP contribution in [0.15, 0.2) is 24.6 Å². The molecule has 0 aliphatic carbocycles. The summed E-state index contributed by atoms with van der Waals surface area (Å²) in [6.07, 6.45) is 7.32. The third-order valence-corrected chi connectivity index (χ3v) is 2.26. The summed E-state index contributed by atoms with van der Waals surface area (Å²) in [7, 11) is 1.65. The Bertz CT molecular complexity index is 273. The fraction of sp³-hybridized carbons (Fsp3) is 0.692.